The van der Waals surface area contributed by atoms with Gasteiger partial charge < -0.3 is 10.4 Å². The number of rotatable bonds is 5. The van der Waals surface area contributed by atoms with Gasteiger partial charge in [0.2, 0.25) is 0 Å². The molecule has 0 spiro atoms. The number of carboxylic acids is 1. The summed E-state index contributed by atoms with van der Waals surface area (Å²) in [7, 11) is 0. The van der Waals surface area contributed by atoms with Gasteiger partial charge in [-0.3, -0.25) is 9.78 Å². The average Bonchev–Trinajstić information content (AvgIpc) is 3.26. The zero-order chi connectivity index (χ0) is 23.6. The minimum atomic E-state index is -4.66. The molecule has 0 unspecified atom stereocenters. The number of carboxylic acid groups (broad SMARTS) is 1. The van der Waals surface area contributed by atoms with Gasteiger partial charge in [-0.25, -0.2) is 14.5 Å². The van der Waals surface area contributed by atoms with Crippen molar-refractivity contribution in [3.05, 3.63) is 90.0 Å². The molecule has 0 bridgehead atoms. The summed E-state index contributed by atoms with van der Waals surface area (Å²) in [4.78, 5) is 31.1. The van der Waals surface area contributed by atoms with E-state index in [0.29, 0.717) is 5.56 Å². The number of halogens is 3. The molecule has 1 amide bonds. The SMILES string of the molecule is O=C(O)c1ccc(C(=O)Nc2ccc(-n3nc(-c4cccnc4)cc3C(F)(F)F)cn2)cc1. The van der Waals surface area contributed by atoms with E-state index in [1.807, 2.05) is 0 Å². The van der Waals surface area contributed by atoms with E-state index in [2.05, 4.69) is 20.4 Å². The number of carbonyl (C=O) groups is 2. The summed E-state index contributed by atoms with van der Waals surface area (Å²) in [6.45, 7) is 0. The number of pyridine rings is 2. The van der Waals surface area contributed by atoms with E-state index in [0.717, 1.165) is 16.9 Å². The summed E-state index contributed by atoms with van der Waals surface area (Å²) < 4.78 is 41.5. The maximum atomic E-state index is 13.6. The lowest BCUT2D eigenvalue weighted by atomic mass is 10.1. The summed E-state index contributed by atoms with van der Waals surface area (Å²) in [6, 6.07) is 12.0. The van der Waals surface area contributed by atoms with Gasteiger partial charge >= 0.3 is 12.1 Å². The third-order valence-corrected chi connectivity index (χ3v) is 4.59. The highest BCUT2D eigenvalue weighted by Crippen LogP contribution is 2.33. The Kier molecular flexibility index (Phi) is 5.61. The number of anilines is 1. The number of alkyl halides is 3. The first-order valence-corrected chi connectivity index (χ1v) is 9.41. The lowest BCUT2D eigenvalue weighted by molar-refractivity contribution is -0.142. The van der Waals surface area contributed by atoms with Gasteiger partial charge in [-0.05, 0) is 54.6 Å². The van der Waals surface area contributed by atoms with E-state index >= 15 is 0 Å². The molecule has 0 saturated heterocycles. The molecule has 0 radical (unpaired) electrons. The zero-order valence-corrected chi connectivity index (χ0v) is 16.6. The fraction of sp³-hybridized carbons (Fsp3) is 0.0455. The summed E-state index contributed by atoms with van der Waals surface area (Å²) in [5.41, 5.74) is -0.206. The van der Waals surface area contributed by atoms with Gasteiger partial charge in [0.25, 0.3) is 5.91 Å². The van der Waals surface area contributed by atoms with E-state index < -0.39 is 23.7 Å². The quantitative estimate of drug-likeness (QED) is 0.466. The first-order valence-electron chi connectivity index (χ1n) is 9.41. The van der Waals surface area contributed by atoms with Crippen LogP contribution in [0.15, 0.2) is 73.2 Å². The van der Waals surface area contributed by atoms with Crippen LogP contribution in [0.1, 0.15) is 26.4 Å². The molecule has 0 aliphatic heterocycles. The van der Waals surface area contributed by atoms with Crippen LogP contribution in [-0.4, -0.2) is 36.7 Å². The maximum Gasteiger partial charge on any atom is 0.433 e. The first-order chi connectivity index (χ1) is 15.7. The van der Waals surface area contributed by atoms with Crippen molar-refractivity contribution in [3.63, 3.8) is 0 Å². The van der Waals surface area contributed by atoms with Crippen molar-refractivity contribution in [3.8, 4) is 16.9 Å². The van der Waals surface area contributed by atoms with Crippen molar-refractivity contribution >= 4 is 17.7 Å². The Morgan fingerprint density at radius 2 is 1.70 bits per heavy atom. The lowest BCUT2D eigenvalue weighted by Crippen LogP contribution is -2.15. The topological polar surface area (TPSA) is 110 Å². The van der Waals surface area contributed by atoms with Crippen LogP contribution in [0.4, 0.5) is 19.0 Å². The van der Waals surface area contributed by atoms with Crippen LogP contribution in [-0.2, 0) is 6.18 Å². The van der Waals surface area contributed by atoms with Crippen LogP contribution >= 0.6 is 0 Å². The third kappa shape index (κ3) is 4.71. The van der Waals surface area contributed by atoms with Crippen molar-refractivity contribution in [2.75, 3.05) is 5.32 Å². The van der Waals surface area contributed by atoms with Crippen LogP contribution in [0.25, 0.3) is 16.9 Å². The largest absolute Gasteiger partial charge is 0.478 e. The van der Waals surface area contributed by atoms with Gasteiger partial charge in [0.05, 0.1) is 23.1 Å². The third-order valence-electron chi connectivity index (χ3n) is 4.59. The molecule has 4 rings (SSSR count). The highest BCUT2D eigenvalue weighted by Gasteiger charge is 2.36. The van der Waals surface area contributed by atoms with Gasteiger partial charge in [-0.1, -0.05) is 0 Å². The van der Waals surface area contributed by atoms with Gasteiger partial charge in [-0.2, -0.15) is 18.3 Å². The molecule has 3 heterocycles. The summed E-state index contributed by atoms with van der Waals surface area (Å²) in [6.07, 6.45) is -0.601. The number of benzene rings is 1. The Morgan fingerprint density at radius 3 is 2.27 bits per heavy atom. The van der Waals surface area contributed by atoms with E-state index in [1.165, 1.54) is 48.8 Å². The fourth-order valence-corrected chi connectivity index (χ4v) is 2.97. The monoisotopic (exact) mass is 453 g/mol. The molecular formula is C22H14F3N5O3. The lowest BCUT2D eigenvalue weighted by Gasteiger charge is -2.10. The van der Waals surface area contributed by atoms with Crippen molar-refractivity contribution in [2.24, 2.45) is 0 Å². The molecule has 3 aromatic heterocycles. The van der Waals surface area contributed by atoms with E-state index in [4.69, 9.17) is 5.11 Å². The van der Waals surface area contributed by atoms with Gasteiger partial charge in [0.15, 0.2) is 0 Å². The van der Waals surface area contributed by atoms with Gasteiger partial charge in [-0.15, -0.1) is 0 Å². The molecule has 0 aliphatic carbocycles. The molecule has 8 nitrogen and oxygen atoms in total. The van der Waals surface area contributed by atoms with Crippen LogP contribution in [0.3, 0.4) is 0 Å². The van der Waals surface area contributed by atoms with Gasteiger partial charge in [0, 0.05) is 23.5 Å². The smallest absolute Gasteiger partial charge is 0.433 e. The summed E-state index contributed by atoms with van der Waals surface area (Å²) in [5.74, 6) is -1.58. The molecule has 33 heavy (non-hydrogen) atoms. The van der Waals surface area contributed by atoms with Crippen molar-refractivity contribution in [2.45, 2.75) is 6.18 Å². The fourth-order valence-electron chi connectivity index (χ4n) is 2.97. The second-order valence-corrected chi connectivity index (χ2v) is 6.80. The minimum absolute atomic E-state index is 0.0272. The number of nitrogens with zero attached hydrogens (tertiary/aromatic N) is 4. The molecule has 0 aliphatic rings. The number of carbonyl (C=O) groups excluding carboxylic acids is 1. The molecule has 11 heteroatoms. The van der Waals surface area contributed by atoms with Crippen molar-refractivity contribution < 1.29 is 27.9 Å². The maximum absolute atomic E-state index is 13.6. The van der Waals surface area contributed by atoms with Crippen molar-refractivity contribution in [1.82, 2.24) is 19.7 Å². The second kappa shape index (κ2) is 8.54. The highest BCUT2D eigenvalue weighted by molar-refractivity contribution is 6.04. The van der Waals surface area contributed by atoms with Gasteiger partial charge in [0.1, 0.15) is 11.5 Å². The Labute approximate surface area is 184 Å². The normalized spacial score (nSPS) is 11.2. The first kappa shape index (κ1) is 21.7. The molecule has 0 fully saturated rings. The summed E-state index contributed by atoms with van der Waals surface area (Å²) in [5, 5.41) is 15.5. The molecule has 0 atom stereocenters. The Morgan fingerprint density at radius 1 is 0.970 bits per heavy atom. The van der Waals surface area contributed by atoms with E-state index in [-0.39, 0.29) is 28.3 Å². The molecule has 4 aromatic rings. The van der Waals surface area contributed by atoms with E-state index in [9.17, 15) is 22.8 Å². The number of nitrogens with one attached hydrogen (secondary N) is 1. The second-order valence-electron chi connectivity index (χ2n) is 6.80. The van der Waals surface area contributed by atoms with Crippen LogP contribution in [0.2, 0.25) is 0 Å². The molecule has 2 N–H and O–H groups in total. The Hall–Kier alpha value is -4.54. The van der Waals surface area contributed by atoms with Crippen LogP contribution in [0.5, 0.6) is 0 Å². The Balaban J connectivity index is 1.58. The standard InChI is InChI=1S/C22H14F3N5O3/c23-22(24,25)18-10-17(15-2-1-9-26-11-15)29-30(18)16-7-8-19(27-12-16)28-20(31)13-3-5-14(6-4-13)21(32)33/h1-12H,(H,32,33)(H,27,28,31). The number of hydrogen-bond donors (Lipinski definition) is 2. The van der Waals surface area contributed by atoms with Crippen LogP contribution < -0.4 is 5.32 Å². The Bertz CT molecular complexity index is 1300. The number of aromatic carboxylic acids is 1. The highest BCUT2D eigenvalue weighted by atomic mass is 19.4. The molecule has 166 valence electrons. The predicted molar refractivity (Wildman–Crippen MR) is 111 cm³/mol. The predicted octanol–water partition coefficient (Wildman–Crippen LogP) is 4.30. The molecular weight excluding hydrogens is 439 g/mol. The number of amides is 1. The summed E-state index contributed by atoms with van der Waals surface area (Å²) >= 11 is 0. The number of aromatic nitrogens is 4. The number of hydrogen-bond acceptors (Lipinski definition) is 5. The van der Waals surface area contributed by atoms with Crippen LogP contribution in [0, 0.1) is 0 Å². The molecule has 1 aromatic carbocycles. The minimum Gasteiger partial charge on any atom is -0.478 e. The zero-order valence-electron chi connectivity index (χ0n) is 16.6. The van der Waals surface area contributed by atoms with Crippen molar-refractivity contribution in [1.29, 1.82) is 0 Å². The van der Waals surface area contributed by atoms with E-state index in [1.54, 1.807) is 12.1 Å². The average molecular weight is 453 g/mol. The molecule has 0 saturated carbocycles.